The first-order valence-corrected chi connectivity index (χ1v) is 7.72. The normalized spacial score (nSPS) is 11.8. The van der Waals surface area contributed by atoms with Crippen LogP contribution in [0.2, 0.25) is 0 Å². The van der Waals surface area contributed by atoms with E-state index in [0.717, 1.165) is 10.2 Å². The molecule has 0 spiro atoms. The Morgan fingerprint density at radius 1 is 1.23 bits per heavy atom. The molecule has 0 bridgehead atoms. The first-order valence-electron chi connectivity index (χ1n) is 6.49. The summed E-state index contributed by atoms with van der Waals surface area (Å²) >= 11 is 6.69. The monoisotopic (exact) mass is 327 g/mol. The summed E-state index contributed by atoms with van der Waals surface area (Å²) in [5.74, 6) is -1.11. The van der Waals surface area contributed by atoms with Gasteiger partial charge in [0, 0.05) is 0 Å². The zero-order chi connectivity index (χ0) is 15.5. The molecule has 0 amide bonds. The lowest BCUT2D eigenvalue weighted by atomic mass is 10.1. The highest BCUT2D eigenvalue weighted by molar-refractivity contribution is 7.80. The molecule has 1 atom stereocenters. The summed E-state index contributed by atoms with van der Waals surface area (Å²) in [5, 5.41) is 12.8. The highest BCUT2D eigenvalue weighted by atomic mass is 32.1. The largest absolute Gasteiger partial charge is 0.346 e. The Bertz CT molecular complexity index is 849. The van der Waals surface area contributed by atoms with Crippen LogP contribution < -0.4 is 5.32 Å². The van der Waals surface area contributed by atoms with Crippen molar-refractivity contribution in [2.24, 2.45) is 0 Å². The van der Waals surface area contributed by atoms with Crippen molar-refractivity contribution >= 4 is 44.4 Å². The Kier molecular flexibility index (Phi) is 4.09. The number of hydrogen-bond donors (Lipinski definition) is 1. The second-order valence-corrected chi connectivity index (χ2v) is 6.05. The van der Waals surface area contributed by atoms with E-state index in [1.54, 1.807) is 18.2 Å². The predicted molar refractivity (Wildman–Crippen MR) is 90.6 cm³/mol. The molecule has 0 aliphatic carbocycles. The van der Waals surface area contributed by atoms with Crippen molar-refractivity contribution < 1.29 is 4.39 Å². The average Bonchev–Trinajstić information content (AvgIpc) is 2.94. The van der Waals surface area contributed by atoms with Gasteiger partial charge in [0.05, 0.1) is 22.0 Å². The lowest BCUT2D eigenvalue weighted by Gasteiger charge is -2.11. The lowest BCUT2D eigenvalue weighted by Crippen LogP contribution is -2.18. The molecule has 0 aliphatic heterocycles. The van der Waals surface area contributed by atoms with Crippen LogP contribution in [0, 0.1) is 17.1 Å². The predicted octanol–water partition coefficient (Wildman–Crippen LogP) is 4.48. The number of para-hydroxylation sites is 2. The molecular weight excluding hydrogens is 317 g/mol. The second kappa shape index (κ2) is 6.18. The molecule has 3 aromatic rings. The van der Waals surface area contributed by atoms with Crippen molar-refractivity contribution in [1.82, 2.24) is 4.98 Å². The van der Waals surface area contributed by atoms with E-state index in [9.17, 15) is 9.65 Å². The summed E-state index contributed by atoms with van der Waals surface area (Å²) in [6, 6.07) is 16.0. The number of anilines is 1. The van der Waals surface area contributed by atoms with Gasteiger partial charge in [-0.25, -0.2) is 9.37 Å². The third-order valence-corrected chi connectivity index (χ3v) is 4.52. The van der Waals surface area contributed by atoms with Gasteiger partial charge in [-0.15, -0.1) is 11.3 Å². The van der Waals surface area contributed by atoms with Crippen molar-refractivity contribution in [2.75, 3.05) is 5.32 Å². The topological polar surface area (TPSA) is 48.7 Å². The molecule has 1 N–H and O–H groups in total. The minimum absolute atomic E-state index is 0.242. The van der Waals surface area contributed by atoms with Crippen LogP contribution in [0.4, 0.5) is 10.1 Å². The SMILES string of the molecule is N#CC(C(=S)Nc1ccccc1F)c1nc2ccccc2s1. The van der Waals surface area contributed by atoms with Crippen LogP contribution in [0.3, 0.4) is 0 Å². The maximum Gasteiger partial charge on any atom is 0.148 e. The average molecular weight is 327 g/mol. The van der Waals surface area contributed by atoms with Crippen LogP contribution in [0.1, 0.15) is 10.9 Å². The van der Waals surface area contributed by atoms with E-state index in [1.165, 1.54) is 17.4 Å². The van der Waals surface area contributed by atoms with Gasteiger partial charge in [0.1, 0.15) is 21.7 Å². The first kappa shape index (κ1) is 14.6. The van der Waals surface area contributed by atoms with Gasteiger partial charge in [0.15, 0.2) is 0 Å². The second-order valence-electron chi connectivity index (χ2n) is 4.55. The van der Waals surface area contributed by atoms with E-state index in [0.29, 0.717) is 5.01 Å². The highest BCUT2D eigenvalue weighted by Crippen LogP contribution is 2.28. The molecule has 0 aliphatic rings. The summed E-state index contributed by atoms with van der Waals surface area (Å²) in [6.45, 7) is 0. The fourth-order valence-corrected chi connectivity index (χ4v) is 3.38. The molecule has 108 valence electrons. The molecule has 6 heteroatoms. The number of fused-ring (bicyclic) bond motifs is 1. The molecule has 22 heavy (non-hydrogen) atoms. The van der Waals surface area contributed by atoms with Gasteiger partial charge in [0.2, 0.25) is 0 Å². The van der Waals surface area contributed by atoms with Crippen molar-refractivity contribution in [3.8, 4) is 6.07 Å². The van der Waals surface area contributed by atoms with Gasteiger partial charge in [-0.3, -0.25) is 0 Å². The Labute approximate surface area is 136 Å². The van der Waals surface area contributed by atoms with Gasteiger partial charge < -0.3 is 5.32 Å². The van der Waals surface area contributed by atoms with Gasteiger partial charge in [-0.1, -0.05) is 36.5 Å². The van der Waals surface area contributed by atoms with Gasteiger partial charge in [0.25, 0.3) is 0 Å². The molecular formula is C16H10FN3S2. The summed E-state index contributed by atoms with van der Waals surface area (Å²) in [6.07, 6.45) is 0. The fourth-order valence-electron chi connectivity index (χ4n) is 2.01. The van der Waals surface area contributed by atoms with E-state index in [1.807, 2.05) is 24.3 Å². The van der Waals surface area contributed by atoms with Crippen LogP contribution >= 0.6 is 23.6 Å². The van der Waals surface area contributed by atoms with Crippen molar-refractivity contribution in [3.63, 3.8) is 0 Å². The van der Waals surface area contributed by atoms with Crippen molar-refractivity contribution in [2.45, 2.75) is 5.92 Å². The smallest absolute Gasteiger partial charge is 0.148 e. The molecule has 2 aromatic carbocycles. The van der Waals surface area contributed by atoms with Crippen LogP contribution in [-0.2, 0) is 0 Å². The number of benzene rings is 2. The number of rotatable bonds is 3. The Balaban J connectivity index is 1.89. The highest BCUT2D eigenvalue weighted by Gasteiger charge is 2.21. The van der Waals surface area contributed by atoms with Crippen molar-refractivity contribution in [1.29, 1.82) is 5.26 Å². The quantitative estimate of drug-likeness (QED) is 0.721. The Hall–Kier alpha value is -2.36. The molecule has 0 radical (unpaired) electrons. The number of hydrogen-bond acceptors (Lipinski definition) is 4. The van der Waals surface area contributed by atoms with E-state index < -0.39 is 11.7 Å². The first-order chi connectivity index (χ1) is 10.7. The third kappa shape index (κ3) is 2.82. The van der Waals surface area contributed by atoms with Crippen LogP contribution in [0.15, 0.2) is 48.5 Å². The molecule has 0 saturated heterocycles. The zero-order valence-corrected chi connectivity index (χ0v) is 12.9. The third-order valence-electron chi connectivity index (χ3n) is 3.08. The number of thiocarbonyl (C=S) groups is 1. The molecule has 0 saturated carbocycles. The number of nitrogens with zero attached hydrogens (tertiary/aromatic N) is 2. The minimum Gasteiger partial charge on any atom is -0.346 e. The Morgan fingerprint density at radius 2 is 1.95 bits per heavy atom. The maximum atomic E-state index is 13.7. The number of nitrogens with one attached hydrogen (secondary N) is 1. The number of nitriles is 1. The summed E-state index contributed by atoms with van der Waals surface area (Å²) in [7, 11) is 0. The minimum atomic E-state index is -0.702. The molecule has 1 unspecified atom stereocenters. The summed E-state index contributed by atoms with van der Waals surface area (Å²) < 4.78 is 14.7. The van der Waals surface area contributed by atoms with Crippen LogP contribution in [0.25, 0.3) is 10.2 Å². The van der Waals surface area contributed by atoms with Gasteiger partial charge in [-0.2, -0.15) is 5.26 Å². The maximum absolute atomic E-state index is 13.7. The summed E-state index contributed by atoms with van der Waals surface area (Å²) in [4.78, 5) is 4.69. The fraction of sp³-hybridized carbons (Fsp3) is 0.0625. The molecule has 3 rings (SSSR count). The van der Waals surface area contributed by atoms with E-state index in [2.05, 4.69) is 16.4 Å². The lowest BCUT2D eigenvalue weighted by molar-refractivity contribution is 0.632. The van der Waals surface area contributed by atoms with Gasteiger partial charge >= 0.3 is 0 Å². The van der Waals surface area contributed by atoms with Crippen LogP contribution in [-0.4, -0.2) is 9.97 Å². The zero-order valence-electron chi connectivity index (χ0n) is 11.3. The standard InChI is InChI=1S/C16H10FN3S2/c17-11-5-1-2-6-12(11)19-15(21)10(9-18)16-20-13-7-3-4-8-14(13)22-16/h1-8,10H,(H,19,21). The van der Waals surface area contributed by atoms with E-state index in [-0.39, 0.29) is 10.7 Å². The number of thiazole rings is 1. The number of aromatic nitrogens is 1. The Morgan fingerprint density at radius 3 is 2.68 bits per heavy atom. The summed E-state index contributed by atoms with van der Waals surface area (Å²) in [5.41, 5.74) is 1.09. The molecule has 1 aromatic heterocycles. The van der Waals surface area contributed by atoms with Crippen molar-refractivity contribution in [3.05, 3.63) is 59.4 Å². The van der Waals surface area contributed by atoms with Crippen LogP contribution in [0.5, 0.6) is 0 Å². The number of halogens is 1. The van der Waals surface area contributed by atoms with Gasteiger partial charge in [-0.05, 0) is 24.3 Å². The van der Waals surface area contributed by atoms with E-state index in [4.69, 9.17) is 12.2 Å². The van der Waals surface area contributed by atoms with E-state index >= 15 is 0 Å². The molecule has 0 fully saturated rings. The molecule has 3 nitrogen and oxygen atoms in total. The molecule has 1 heterocycles.